The van der Waals surface area contributed by atoms with Gasteiger partial charge in [0.05, 0.1) is 5.56 Å². The first-order valence-corrected chi connectivity index (χ1v) is 6.84. The fourth-order valence-electron chi connectivity index (χ4n) is 2.01. The van der Waals surface area contributed by atoms with E-state index < -0.39 is 35.6 Å². The van der Waals surface area contributed by atoms with Crippen LogP contribution in [-0.2, 0) is 15.8 Å². The summed E-state index contributed by atoms with van der Waals surface area (Å²) in [6.07, 6.45) is -4.28. The highest BCUT2D eigenvalue weighted by atomic mass is 19.4. The van der Waals surface area contributed by atoms with Gasteiger partial charge in [0, 0.05) is 6.42 Å². The molecule has 22 heavy (non-hydrogen) atoms. The normalized spacial score (nSPS) is 14.2. The lowest BCUT2D eigenvalue weighted by Crippen LogP contribution is -2.40. The minimum atomic E-state index is -4.44. The number of hydrogen-bond acceptors (Lipinski definition) is 2. The summed E-state index contributed by atoms with van der Waals surface area (Å²) in [7, 11) is 0. The fourth-order valence-corrected chi connectivity index (χ4v) is 2.01. The zero-order valence-electron chi connectivity index (χ0n) is 12.3. The standard InChI is InChI=1S/C15H18F3NO3/c1-3-12(14(21)22)19-13(20)7-9(2)10-5-4-6-11(8-10)15(16,17)18/h4-6,8-9,12H,3,7H2,1-2H3,(H,19,20)(H,21,22). The number of aliphatic carboxylic acids is 1. The molecule has 0 saturated carbocycles. The third-order valence-corrected chi connectivity index (χ3v) is 3.32. The molecule has 0 heterocycles. The Morgan fingerprint density at radius 1 is 1.32 bits per heavy atom. The van der Waals surface area contributed by atoms with Crippen LogP contribution in [0.2, 0.25) is 0 Å². The Labute approximate surface area is 126 Å². The van der Waals surface area contributed by atoms with Gasteiger partial charge in [-0.25, -0.2) is 4.79 Å². The van der Waals surface area contributed by atoms with Crippen LogP contribution in [0, 0.1) is 0 Å². The van der Waals surface area contributed by atoms with Gasteiger partial charge in [-0.2, -0.15) is 13.2 Å². The number of carboxylic acid groups (broad SMARTS) is 1. The van der Waals surface area contributed by atoms with Crippen LogP contribution in [0.1, 0.15) is 43.7 Å². The lowest BCUT2D eigenvalue weighted by molar-refractivity contribution is -0.142. The average Bonchev–Trinajstić information content (AvgIpc) is 2.43. The predicted molar refractivity (Wildman–Crippen MR) is 74.3 cm³/mol. The summed E-state index contributed by atoms with van der Waals surface area (Å²) in [4.78, 5) is 22.6. The smallest absolute Gasteiger partial charge is 0.416 e. The van der Waals surface area contributed by atoms with Gasteiger partial charge in [0.2, 0.25) is 5.91 Å². The first-order valence-electron chi connectivity index (χ1n) is 6.84. The van der Waals surface area contributed by atoms with Crippen LogP contribution in [0.25, 0.3) is 0 Å². The lowest BCUT2D eigenvalue weighted by atomic mass is 9.95. The number of alkyl halides is 3. The van der Waals surface area contributed by atoms with E-state index in [1.165, 1.54) is 12.1 Å². The van der Waals surface area contributed by atoms with Crippen LogP contribution in [-0.4, -0.2) is 23.0 Å². The van der Waals surface area contributed by atoms with Crippen molar-refractivity contribution in [1.29, 1.82) is 0 Å². The molecule has 0 bridgehead atoms. The summed E-state index contributed by atoms with van der Waals surface area (Å²) in [6, 6.07) is 3.79. The van der Waals surface area contributed by atoms with E-state index in [-0.39, 0.29) is 12.8 Å². The SMILES string of the molecule is CCC(NC(=O)CC(C)c1cccc(C(F)(F)F)c1)C(=O)O. The second-order valence-corrected chi connectivity index (χ2v) is 5.09. The van der Waals surface area contributed by atoms with Gasteiger partial charge >= 0.3 is 12.1 Å². The van der Waals surface area contributed by atoms with Gasteiger partial charge in [-0.15, -0.1) is 0 Å². The number of hydrogen-bond donors (Lipinski definition) is 2. The predicted octanol–water partition coefficient (Wildman–Crippen LogP) is 3.18. The number of benzene rings is 1. The molecule has 7 heteroatoms. The number of amides is 1. The van der Waals surface area contributed by atoms with Crippen LogP contribution in [0.15, 0.2) is 24.3 Å². The Balaban J connectivity index is 2.75. The minimum absolute atomic E-state index is 0.0783. The van der Waals surface area contributed by atoms with Gasteiger partial charge in [0.25, 0.3) is 0 Å². The van der Waals surface area contributed by atoms with E-state index >= 15 is 0 Å². The highest BCUT2D eigenvalue weighted by Gasteiger charge is 2.30. The van der Waals surface area contributed by atoms with Crippen LogP contribution in [0.3, 0.4) is 0 Å². The summed E-state index contributed by atoms with van der Waals surface area (Å²) < 4.78 is 38.0. The molecule has 2 atom stereocenters. The van der Waals surface area contributed by atoms with Crippen molar-refractivity contribution in [3.05, 3.63) is 35.4 Å². The van der Waals surface area contributed by atoms with Crippen molar-refractivity contribution < 1.29 is 27.9 Å². The molecule has 0 spiro atoms. The van der Waals surface area contributed by atoms with Crippen LogP contribution in [0.4, 0.5) is 13.2 Å². The minimum Gasteiger partial charge on any atom is -0.480 e. The lowest BCUT2D eigenvalue weighted by Gasteiger charge is -2.16. The third kappa shape index (κ3) is 5.05. The van der Waals surface area contributed by atoms with E-state index in [1.807, 2.05) is 0 Å². The van der Waals surface area contributed by atoms with Crippen LogP contribution in [0.5, 0.6) is 0 Å². The molecule has 1 rings (SSSR count). The molecule has 0 aliphatic heterocycles. The van der Waals surface area contributed by atoms with E-state index in [0.29, 0.717) is 5.56 Å². The number of rotatable bonds is 6. The maximum Gasteiger partial charge on any atom is 0.416 e. The summed E-state index contributed by atoms with van der Waals surface area (Å²) in [5.41, 5.74) is -0.387. The van der Waals surface area contributed by atoms with E-state index in [2.05, 4.69) is 5.32 Å². The monoisotopic (exact) mass is 317 g/mol. The molecule has 1 aromatic rings. The van der Waals surface area contributed by atoms with E-state index in [0.717, 1.165) is 12.1 Å². The van der Waals surface area contributed by atoms with Crippen molar-refractivity contribution >= 4 is 11.9 Å². The molecule has 0 radical (unpaired) electrons. The Morgan fingerprint density at radius 3 is 2.45 bits per heavy atom. The largest absolute Gasteiger partial charge is 0.480 e. The molecule has 0 aliphatic carbocycles. The molecule has 2 N–H and O–H groups in total. The number of carbonyl (C=O) groups is 2. The topological polar surface area (TPSA) is 66.4 Å². The molecule has 1 aromatic carbocycles. The van der Waals surface area contributed by atoms with E-state index in [4.69, 9.17) is 5.11 Å². The Kier molecular flexibility index (Phi) is 5.96. The van der Waals surface area contributed by atoms with Gasteiger partial charge in [-0.3, -0.25) is 4.79 Å². The summed E-state index contributed by atoms with van der Waals surface area (Å²) >= 11 is 0. The van der Waals surface area contributed by atoms with Gasteiger partial charge in [0.1, 0.15) is 6.04 Å². The van der Waals surface area contributed by atoms with Crippen molar-refractivity contribution in [2.45, 2.75) is 44.8 Å². The highest BCUT2D eigenvalue weighted by Crippen LogP contribution is 2.31. The van der Waals surface area contributed by atoms with Crippen LogP contribution < -0.4 is 5.32 Å². The van der Waals surface area contributed by atoms with Crippen molar-refractivity contribution in [2.75, 3.05) is 0 Å². The number of carboxylic acids is 1. The van der Waals surface area contributed by atoms with Crippen molar-refractivity contribution in [2.24, 2.45) is 0 Å². The molecule has 122 valence electrons. The van der Waals surface area contributed by atoms with Gasteiger partial charge < -0.3 is 10.4 Å². The second-order valence-electron chi connectivity index (χ2n) is 5.09. The molecule has 0 saturated heterocycles. The Bertz CT molecular complexity index is 543. The molecular weight excluding hydrogens is 299 g/mol. The molecule has 0 fully saturated rings. The van der Waals surface area contributed by atoms with Crippen molar-refractivity contribution in [3.8, 4) is 0 Å². The Morgan fingerprint density at radius 2 is 1.95 bits per heavy atom. The maximum absolute atomic E-state index is 12.7. The number of halogens is 3. The number of carbonyl (C=O) groups excluding carboxylic acids is 1. The first-order chi connectivity index (χ1) is 10.1. The summed E-state index contributed by atoms with van der Waals surface area (Å²) in [5.74, 6) is -2.09. The molecule has 1 amide bonds. The average molecular weight is 317 g/mol. The molecule has 2 unspecified atom stereocenters. The van der Waals surface area contributed by atoms with E-state index in [9.17, 15) is 22.8 Å². The Hall–Kier alpha value is -2.05. The highest BCUT2D eigenvalue weighted by molar-refractivity contribution is 5.83. The van der Waals surface area contributed by atoms with Crippen molar-refractivity contribution in [3.63, 3.8) is 0 Å². The quantitative estimate of drug-likeness (QED) is 0.847. The van der Waals surface area contributed by atoms with Crippen LogP contribution >= 0.6 is 0 Å². The third-order valence-electron chi connectivity index (χ3n) is 3.32. The molecule has 0 aliphatic rings. The van der Waals surface area contributed by atoms with E-state index in [1.54, 1.807) is 13.8 Å². The molecular formula is C15H18F3NO3. The van der Waals surface area contributed by atoms with Crippen molar-refractivity contribution in [1.82, 2.24) is 5.32 Å². The maximum atomic E-state index is 12.7. The summed E-state index contributed by atoms with van der Waals surface area (Å²) in [6.45, 7) is 3.24. The summed E-state index contributed by atoms with van der Waals surface area (Å²) in [5, 5.41) is 11.2. The van der Waals surface area contributed by atoms with Gasteiger partial charge in [-0.05, 0) is 24.0 Å². The molecule has 0 aromatic heterocycles. The molecule has 4 nitrogen and oxygen atoms in total. The zero-order valence-corrected chi connectivity index (χ0v) is 12.3. The second kappa shape index (κ2) is 7.29. The van der Waals surface area contributed by atoms with Gasteiger partial charge in [-0.1, -0.05) is 32.0 Å². The van der Waals surface area contributed by atoms with Gasteiger partial charge in [0.15, 0.2) is 0 Å². The zero-order chi connectivity index (χ0) is 16.9. The fraction of sp³-hybridized carbons (Fsp3) is 0.467. The first kappa shape index (κ1) is 18.0. The number of nitrogens with one attached hydrogen (secondary N) is 1.